The van der Waals surface area contributed by atoms with Crippen molar-refractivity contribution in [1.29, 1.82) is 0 Å². The monoisotopic (exact) mass is 457 g/mol. The van der Waals surface area contributed by atoms with Crippen LogP contribution in [0.2, 0.25) is 0 Å². The van der Waals surface area contributed by atoms with E-state index in [1.807, 2.05) is 56.6 Å². The van der Waals surface area contributed by atoms with Gasteiger partial charge in [0, 0.05) is 33.2 Å². The molecule has 0 bridgehead atoms. The predicted molar refractivity (Wildman–Crippen MR) is 136 cm³/mol. The SMILES string of the molecule is CNCCC1C=CN(C(=O)c2ccc(NC(=O)c3ccccc3C)cc2)c2ccccc2S1. The molecule has 1 heterocycles. The van der Waals surface area contributed by atoms with Crippen molar-refractivity contribution in [3.63, 3.8) is 0 Å². The molecule has 0 fully saturated rings. The normalized spacial score (nSPS) is 15.0. The Balaban J connectivity index is 1.53. The minimum atomic E-state index is -0.166. The molecule has 1 aliphatic rings. The van der Waals surface area contributed by atoms with E-state index in [4.69, 9.17) is 0 Å². The van der Waals surface area contributed by atoms with Gasteiger partial charge in [-0.2, -0.15) is 0 Å². The maximum atomic E-state index is 13.4. The van der Waals surface area contributed by atoms with Crippen molar-refractivity contribution in [2.75, 3.05) is 23.8 Å². The predicted octanol–water partition coefficient (Wildman–Crippen LogP) is 5.49. The highest BCUT2D eigenvalue weighted by Gasteiger charge is 2.23. The van der Waals surface area contributed by atoms with Gasteiger partial charge in [0.1, 0.15) is 0 Å². The summed E-state index contributed by atoms with van der Waals surface area (Å²) in [5.74, 6) is -0.272. The van der Waals surface area contributed by atoms with Crippen LogP contribution in [0.15, 0.2) is 90.0 Å². The molecule has 0 saturated carbocycles. The van der Waals surface area contributed by atoms with Gasteiger partial charge < -0.3 is 10.6 Å². The maximum Gasteiger partial charge on any atom is 0.262 e. The third-order valence-electron chi connectivity index (χ3n) is 5.53. The lowest BCUT2D eigenvalue weighted by Crippen LogP contribution is -2.25. The molecule has 6 heteroatoms. The van der Waals surface area contributed by atoms with E-state index in [1.165, 1.54) is 0 Å². The van der Waals surface area contributed by atoms with Crippen LogP contribution in [0, 0.1) is 6.92 Å². The molecule has 1 aliphatic heterocycles. The molecular weight excluding hydrogens is 430 g/mol. The molecule has 0 aliphatic carbocycles. The van der Waals surface area contributed by atoms with E-state index >= 15 is 0 Å². The highest BCUT2D eigenvalue weighted by atomic mass is 32.2. The van der Waals surface area contributed by atoms with Crippen molar-refractivity contribution in [1.82, 2.24) is 5.32 Å². The highest BCUT2D eigenvalue weighted by Crippen LogP contribution is 2.38. The molecule has 0 spiro atoms. The van der Waals surface area contributed by atoms with Gasteiger partial charge in [-0.15, -0.1) is 11.8 Å². The molecule has 0 saturated heterocycles. The van der Waals surface area contributed by atoms with Gasteiger partial charge in [-0.1, -0.05) is 36.4 Å². The summed E-state index contributed by atoms with van der Waals surface area (Å²) in [5.41, 5.74) is 3.64. The van der Waals surface area contributed by atoms with Gasteiger partial charge in [0.15, 0.2) is 0 Å². The van der Waals surface area contributed by atoms with Crippen molar-refractivity contribution in [2.45, 2.75) is 23.5 Å². The topological polar surface area (TPSA) is 61.4 Å². The summed E-state index contributed by atoms with van der Waals surface area (Å²) in [6, 6.07) is 22.5. The maximum absolute atomic E-state index is 13.4. The second-order valence-electron chi connectivity index (χ2n) is 7.88. The van der Waals surface area contributed by atoms with Crippen molar-refractivity contribution >= 4 is 35.0 Å². The molecular formula is C27H27N3O2S. The fourth-order valence-electron chi connectivity index (χ4n) is 3.70. The Kier molecular flexibility index (Phi) is 7.27. The molecule has 1 atom stereocenters. The summed E-state index contributed by atoms with van der Waals surface area (Å²) in [5, 5.41) is 6.39. The van der Waals surface area contributed by atoms with Gasteiger partial charge in [0.05, 0.1) is 5.69 Å². The van der Waals surface area contributed by atoms with E-state index in [0.717, 1.165) is 29.1 Å². The number of benzene rings is 3. The largest absolute Gasteiger partial charge is 0.322 e. The number of nitrogens with one attached hydrogen (secondary N) is 2. The minimum Gasteiger partial charge on any atom is -0.322 e. The van der Waals surface area contributed by atoms with E-state index in [1.54, 1.807) is 47.0 Å². The van der Waals surface area contributed by atoms with E-state index < -0.39 is 0 Å². The number of amides is 2. The van der Waals surface area contributed by atoms with E-state index in [9.17, 15) is 9.59 Å². The third kappa shape index (κ3) is 5.35. The second kappa shape index (κ2) is 10.5. The Labute approximate surface area is 198 Å². The number of fused-ring (bicyclic) bond motifs is 1. The smallest absolute Gasteiger partial charge is 0.262 e. The number of nitrogens with zero attached hydrogens (tertiary/aromatic N) is 1. The summed E-state index contributed by atoms with van der Waals surface area (Å²) in [7, 11) is 1.95. The molecule has 168 valence electrons. The number of aryl methyl sites for hydroxylation is 1. The molecule has 0 aromatic heterocycles. The first-order valence-electron chi connectivity index (χ1n) is 11.0. The fraction of sp³-hybridized carbons (Fsp3) is 0.185. The zero-order valence-corrected chi connectivity index (χ0v) is 19.6. The number of carbonyl (C=O) groups is 2. The quantitative estimate of drug-likeness (QED) is 0.514. The van der Waals surface area contributed by atoms with Crippen LogP contribution in [0.4, 0.5) is 11.4 Å². The van der Waals surface area contributed by atoms with Crippen LogP contribution < -0.4 is 15.5 Å². The molecule has 0 radical (unpaired) electrons. The number of carbonyl (C=O) groups excluding carboxylic acids is 2. The van der Waals surface area contributed by atoms with E-state index in [0.29, 0.717) is 16.8 Å². The summed E-state index contributed by atoms with van der Waals surface area (Å²) < 4.78 is 0. The first-order valence-corrected chi connectivity index (χ1v) is 11.8. The summed E-state index contributed by atoms with van der Waals surface area (Å²) >= 11 is 1.77. The highest BCUT2D eigenvalue weighted by molar-refractivity contribution is 8.00. The Morgan fingerprint density at radius 3 is 2.45 bits per heavy atom. The van der Waals surface area contributed by atoms with Gasteiger partial charge in [-0.05, 0) is 75.0 Å². The molecule has 1 unspecified atom stereocenters. The minimum absolute atomic E-state index is 0.106. The van der Waals surface area contributed by atoms with Crippen LogP contribution in [-0.4, -0.2) is 30.7 Å². The van der Waals surface area contributed by atoms with Crippen LogP contribution >= 0.6 is 11.8 Å². The first-order chi connectivity index (χ1) is 16.1. The lowest BCUT2D eigenvalue weighted by molar-refractivity contribution is 0.0995. The molecule has 2 N–H and O–H groups in total. The molecule has 3 aromatic rings. The molecule has 5 nitrogen and oxygen atoms in total. The molecule has 4 rings (SSSR count). The van der Waals surface area contributed by atoms with Crippen molar-refractivity contribution in [2.24, 2.45) is 0 Å². The summed E-state index contributed by atoms with van der Waals surface area (Å²) in [6.07, 6.45) is 4.95. The Morgan fingerprint density at radius 1 is 0.970 bits per heavy atom. The lowest BCUT2D eigenvalue weighted by Gasteiger charge is -2.20. The summed E-state index contributed by atoms with van der Waals surface area (Å²) in [4.78, 5) is 28.8. The first kappa shape index (κ1) is 22.8. The number of hydrogen-bond acceptors (Lipinski definition) is 4. The van der Waals surface area contributed by atoms with Crippen molar-refractivity contribution < 1.29 is 9.59 Å². The molecule has 33 heavy (non-hydrogen) atoms. The fourth-order valence-corrected chi connectivity index (χ4v) is 4.86. The van der Waals surface area contributed by atoms with Crippen molar-refractivity contribution in [3.8, 4) is 0 Å². The van der Waals surface area contributed by atoms with E-state index in [2.05, 4.69) is 22.8 Å². The zero-order valence-electron chi connectivity index (χ0n) is 18.7. The zero-order chi connectivity index (χ0) is 23.2. The molecule has 3 aromatic carbocycles. The second-order valence-corrected chi connectivity index (χ2v) is 9.16. The van der Waals surface area contributed by atoms with Gasteiger partial charge in [-0.3, -0.25) is 14.5 Å². The van der Waals surface area contributed by atoms with Crippen LogP contribution in [0.1, 0.15) is 32.7 Å². The number of anilines is 2. The Morgan fingerprint density at radius 2 is 1.70 bits per heavy atom. The van der Waals surface area contributed by atoms with E-state index in [-0.39, 0.29) is 17.1 Å². The van der Waals surface area contributed by atoms with Gasteiger partial charge >= 0.3 is 0 Å². The number of para-hydroxylation sites is 1. The van der Waals surface area contributed by atoms with Gasteiger partial charge in [-0.25, -0.2) is 0 Å². The van der Waals surface area contributed by atoms with Crippen LogP contribution in [0.25, 0.3) is 0 Å². The molecule has 2 amide bonds. The average molecular weight is 458 g/mol. The van der Waals surface area contributed by atoms with Crippen LogP contribution in [-0.2, 0) is 0 Å². The summed E-state index contributed by atoms with van der Waals surface area (Å²) in [6.45, 7) is 2.82. The lowest BCUT2D eigenvalue weighted by atomic mass is 10.1. The average Bonchev–Trinajstić information content (AvgIpc) is 3.02. The van der Waals surface area contributed by atoms with Gasteiger partial charge in [0.25, 0.3) is 11.8 Å². The van der Waals surface area contributed by atoms with Crippen LogP contribution in [0.5, 0.6) is 0 Å². The van der Waals surface area contributed by atoms with Crippen molar-refractivity contribution in [3.05, 3.63) is 102 Å². The Hall–Kier alpha value is -3.35. The number of thioether (sulfide) groups is 1. The van der Waals surface area contributed by atoms with Gasteiger partial charge in [0.2, 0.25) is 0 Å². The van der Waals surface area contributed by atoms with Crippen LogP contribution in [0.3, 0.4) is 0 Å². The standard InChI is InChI=1S/C27H27N3O2S/c1-19-7-3-4-8-23(19)26(31)29-21-13-11-20(12-14-21)27(32)30-18-16-22(15-17-28-2)33-25-10-6-5-9-24(25)30/h3-14,16,18,22,28H,15,17H2,1-2H3,(H,29,31). The number of hydrogen-bond donors (Lipinski definition) is 2. The Bertz CT molecular complexity index is 1170. The number of rotatable bonds is 6. The third-order valence-corrected chi connectivity index (χ3v) is 6.82.